The van der Waals surface area contributed by atoms with E-state index in [2.05, 4.69) is 9.88 Å². The van der Waals surface area contributed by atoms with Crippen LogP contribution in [0.5, 0.6) is 5.75 Å². The summed E-state index contributed by atoms with van der Waals surface area (Å²) in [6.45, 7) is 4.12. The van der Waals surface area contributed by atoms with Gasteiger partial charge in [-0.25, -0.2) is 27.6 Å². The molecule has 1 N–H and O–H groups in total. The Bertz CT molecular complexity index is 1400. The molecular formula is C24H32N6O4S. The van der Waals surface area contributed by atoms with Crippen molar-refractivity contribution in [1.82, 2.24) is 28.6 Å². The van der Waals surface area contributed by atoms with Crippen molar-refractivity contribution >= 4 is 15.7 Å². The molecule has 3 aromatic rings. The first-order chi connectivity index (χ1) is 16.8. The second kappa shape index (κ2) is 9.36. The van der Waals surface area contributed by atoms with Crippen LogP contribution in [0.4, 0.5) is 0 Å². The number of aryl methyl sites for hydroxylation is 1. The van der Waals surface area contributed by atoms with Crippen LogP contribution >= 0.6 is 0 Å². The number of hydrogen-bond acceptors (Lipinski definition) is 7. The Morgan fingerprint density at radius 1 is 1.06 bits per heavy atom. The number of ether oxygens (including phenoxy) is 1. The third kappa shape index (κ3) is 4.36. The van der Waals surface area contributed by atoms with Gasteiger partial charge < -0.3 is 9.64 Å². The molecule has 1 aromatic carbocycles. The summed E-state index contributed by atoms with van der Waals surface area (Å²) in [4.78, 5) is 27.8. The molecule has 1 aliphatic carbocycles. The number of aromatic nitrogens is 4. The van der Waals surface area contributed by atoms with Crippen molar-refractivity contribution in [3.63, 3.8) is 0 Å². The first kappa shape index (κ1) is 24.0. The summed E-state index contributed by atoms with van der Waals surface area (Å²) >= 11 is 0. The number of imidazole rings is 1. The van der Waals surface area contributed by atoms with Crippen molar-refractivity contribution in [2.24, 2.45) is 0 Å². The molecule has 1 aliphatic heterocycles. The molecule has 0 unspecified atom stereocenters. The Balaban J connectivity index is 1.53. The largest absolute Gasteiger partial charge is 0.496 e. The number of likely N-dealkylation sites (N-methyl/N-ethyl adjacent to an activating group) is 1. The predicted octanol–water partition coefficient (Wildman–Crippen LogP) is 2.39. The van der Waals surface area contributed by atoms with E-state index >= 15 is 0 Å². The van der Waals surface area contributed by atoms with E-state index in [0.717, 1.165) is 31.5 Å². The van der Waals surface area contributed by atoms with Gasteiger partial charge in [0.25, 0.3) is 0 Å². The fourth-order valence-electron chi connectivity index (χ4n) is 5.13. The minimum atomic E-state index is -3.66. The maximum absolute atomic E-state index is 13.2. The van der Waals surface area contributed by atoms with E-state index in [4.69, 9.17) is 14.7 Å². The SMILES string of the molecule is COc1cc(S(=O)(=O)N2CCN(C)CC2)ccc1-c1nc2c(C)nc(C3CCCCC3)n2c(=O)[nH]1. The minimum absolute atomic E-state index is 0.159. The molecule has 0 atom stereocenters. The third-order valence-corrected chi connectivity index (χ3v) is 9.09. The van der Waals surface area contributed by atoms with Gasteiger partial charge in [0.15, 0.2) is 5.65 Å². The van der Waals surface area contributed by atoms with Gasteiger partial charge in [0, 0.05) is 38.2 Å². The predicted molar refractivity (Wildman–Crippen MR) is 132 cm³/mol. The van der Waals surface area contributed by atoms with Crippen LogP contribution in [-0.4, -0.2) is 77.3 Å². The number of H-pyrrole nitrogens is 1. The maximum atomic E-state index is 13.2. The lowest BCUT2D eigenvalue weighted by Crippen LogP contribution is -2.47. The highest BCUT2D eigenvalue weighted by atomic mass is 32.2. The van der Waals surface area contributed by atoms with Crippen LogP contribution in [0.1, 0.15) is 49.5 Å². The highest BCUT2D eigenvalue weighted by Crippen LogP contribution is 2.34. The zero-order chi connectivity index (χ0) is 24.7. The molecule has 11 heteroatoms. The molecule has 2 aromatic heterocycles. The Morgan fingerprint density at radius 2 is 1.77 bits per heavy atom. The average molecular weight is 501 g/mol. The highest BCUT2D eigenvalue weighted by molar-refractivity contribution is 7.89. The first-order valence-electron chi connectivity index (χ1n) is 12.2. The van der Waals surface area contributed by atoms with E-state index in [-0.39, 0.29) is 16.5 Å². The molecule has 1 saturated carbocycles. The van der Waals surface area contributed by atoms with Gasteiger partial charge in [-0.05, 0) is 38.9 Å². The number of fused-ring (bicyclic) bond motifs is 1. The molecule has 3 heterocycles. The second-order valence-electron chi connectivity index (χ2n) is 9.51. The molecule has 0 bridgehead atoms. The molecule has 1 saturated heterocycles. The number of hydrogen-bond donors (Lipinski definition) is 1. The number of rotatable bonds is 5. The van der Waals surface area contributed by atoms with E-state index in [9.17, 15) is 13.2 Å². The molecule has 2 fully saturated rings. The van der Waals surface area contributed by atoms with Crippen LogP contribution in [-0.2, 0) is 10.0 Å². The second-order valence-corrected chi connectivity index (χ2v) is 11.4. The molecule has 35 heavy (non-hydrogen) atoms. The Labute approximate surface area is 205 Å². The maximum Gasteiger partial charge on any atom is 0.334 e. The molecule has 10 nitrogen and oxygen atoms in total. The van der Waals surface area contributed by atoms with E-state index in [0.29, 0.717) is 54.7 Å². The summed E-state index contributed by atoms with van der Waals surface area (Å²) in [6.07, 6.45) is 5.55. The van der Waals surface area contributed by atoms with Crippen LogP contribution in [0.3, 0.4) is 0 Å². The first-order valence-corrected chi connectivity index (χ1v) is 13.6. The van der Waals surface area contributed by atoms with Gasteiger partial charge in [0.05, 0.1) is 23.3 Å². The number of nitrogens with one attached hydrogen (secondary N) is 1. The fraction of sp³-hybridized carbons (Fsp3) is 0.542. The van der Waals surface area contributed by atoms with Crippen molar-refractivity contribution in [2.45, 2.75) is 49.8 Å². The lowest BCUT2D eigenvalue weighted by atomic mass is 9.89. The molecule has 0 spiro atoms. The van der Waals surface area contributed by atoms with Crippen molar-refractivity contribution in [1.29, 1.82) is 0 Å². The molecule has 5 rings (SSSR count). The number of aromatic amines is 1. The third-order valence-electron chi connectivity index (χ3n) is 7.19. The molecule has 0 radical (unpaired) electrons. The summed E-state index contributed by atoms with van der Waals surface area (Å²) < 4.78 is 35.0. The zero-order valence-corrected chi connectivity index (χ0v) is 21.3. The normalized spacial score (nSPS) is 18.8. The van der Waals surface area contributed by atoms with Crippen molar-refractivity contribution < 1.29 is 13.2 Å². The standard InChI is InChI=1S/C24H32N6O4S/c1-16-22-26-21(27-24(31)30(22)23(25-16)17-7-5-4-6-8-17)19-10-9-18(15-20(19)34-3)35(32,33)29-13-11-28(2)12-14-29/h9-10,15,17H,4-8,11-14H2,1-3H3,(H,26,27,31). The van der Waals surface area contributed by atoms with E-state index in [1.165, 1.54) is 23.9 Å². The smallest absolute Gasteiger partial charge is 0.334 e. The van der Waals surface area contributed by atoms with Gasteiger partial charge in [-0.15, -0.1) is 0 Å². The van der Waals surface area contributed by atoms with Crippen molar-refractivity contribution in [2.75, 3.05) is 40.3 Å². The van der Waals surface area contributed by atoms with Gasteiger partial charge in [0.2, 0.25) is 10.0 Å². The van der Waals surface area contributed by atoms with Crippen molar-refractivity contribution in [3.8, 4) is 17.1 Å². The van der Waals surface area contributed by atoms with Crippen LogP contribution in [0.2, 0.25) is 0 Å². The summed E-state index contributed by atoms with van der Waals surface area (Å²) in [7, 11) is -0.197. The monoisotopic (exact) mass is 500 g/mol. The lowest BCUT2D eigenvalue weighted by Gasteiger charge is -2.31. The summed E-state index contributed by atoms with van der Waals surface area (Å²) in [6, 6.07) is 4.70. The zero-order valence-electron chi connectivity index (χ0n) is 20.5. The van der Waals surface area contributed by atoms with Crippen molar-refractivity contribution in [3.05, 3.63) is 40.2 Å². The highest BCUT2D eigenvalue weighted by Gasteiger charge is 2.29. The van der Waals surface area contributed by atoms with E-state index in [1.807, 2.05) is 14.0 Å². The topological polar surface area (TPSA) is 113 Å². The Kier molecular flexibility index (Phi) is 6.41. The number of benzene rings is 1. The number of nitrogens with zero attached hydrogens (tertiary/aromatic N) is 5. The average Bonchev–Trinajstić information content (AvgIpc) is 3.21. The van der Waals surface area contributed by atoms with Gasteiger partial charge in [-0.2, -0.15) is 4.31 Å². The summed E-state index contributed by atoms with van der Waals surface area (Å²) in [5, 5.41) is 0. The van der Waals surface area contributed by atoms with Crippen LogP contribution in [0.25, 0.3) is 17.0 Å². The Hall–Kier alpha value is -2.76. The quantitative estimate of drug-likeness (QED) is 0.572. The van der Waals surface area contributed by atoms with Crippen LogP contribution < -0.4 is 10.4 Å². The molecule has 2 aliphatic rings. The van der Waals surface area contributed by atoms with Gasteiger partial charge in [-0.3, -0.25) is 4.98 Å². The molecule has 0 amide bonds. The lowest BCUT2D eigenvalue weighted by molar-refractivity contribution is 0.222. The number of sulfonamides is 1. The van der Waals surface area contributed by atoms with Gasteiger partial charge >= 0.3 is 5.69 Å². The number of piperazine rings is 1. The molecular weight excluding hydrogens is 468 g/mol. The van der Waals surface area contributed by atoms with E-state index in [1.54, 1.807) is 16.5 Å². The summed E-state index contributed by atoms with van der Waals surface area (Å²) in [5.41, 5.74) is 1.43. The Morgan fingerprint density at radius 3 is 2.46 bits per heavy atom. The van der Waals surface area contributed by atoms with Gasteiger partial charge in [-0.1, -0.05) is 19.3 Å². The summed E-state index contributed by atoms with van der Waals surface area (Å²) in [5.74, 6) is 1.68. The number of methoxy groups -OCH3 is 1. The fourth-order valence-corrected chi connectivity index (χ4v) is 6.57. The van der Waals surface area contributed by atoms with Crippen LogP contribution in [0.15, 0.2) is 27.9 Å². The minimum Gasteiger partial charge on any atom is -0.496 e. The van der Waals surface area contributed by atoms with E-state index < -0.39 is 10.0 Å². The van der Waals surface area contributed by atoms with Gasteiger partial charge in [0.1, 0.15) is 17.4 Å². The van der Waals surface area contributed by atoms with Crippen LogP contribution in [0, 0.1) is 6.92 Å². The molecule has 188 valence electrons.